The number of amides is 1. The van der Waals surface area contributed by atoms with Gasteiger partial charge in [0.25, 0.3) is 0 Å². The largest absolute Gasteiger partial charge is 0.493 e. The van der Waals surface area contributed by atoms with E-state index < -0.39 is 6.04 Å². The number of benzene rings is 2. The molecule has 2 N–H and O–H groups in total. The quantitative estimate of drug-likeness (QED) is 0.398. The molecule has 9 heteroatoms. The summed E-state index contributed by atoms with van der Waals surface area (Å²) in [6.07, 6.45) is 4.48. The van der Waals surface area contributed by atoms with Crippen LogP contribution in [0, 0.1) is 5.41 Å². The number of anilines is 2. The van der Waals surface area contributed by atoms with E-state index in [4.69, 9.17) is 14.2 Å². The van der Waals surface area contributed by atoms with E-state index in [1.807, 2.05) is 47.4 Å². The number of Topliss-reactive ketones (excluding diaryl/α,β-unsaturated/α-hetero) is 1. The molecule has 1 unspecified atom stereocenters. The van der Waals surface area contributed by atoms with Crippen LogP contribution in [0.5, 0.6) is 17.2 Å². The summed E-state index contributed by atoms with van der Waals surface area (Å²) in [6, 6.07) is 14.6. The first-order valence-corrected chi connectivity index (χ1v) is 13.6. The zero-order valence-corrected chi connectivity index (χ0v) is 24.1. The molecule has 1 aromatic heterocycles. The number of fused-ring (bicyclic) bond motifs is 1. The lowest BCUT2D eigenvalue weighted by Gasteiger charge is -2.38. The molecule has 2 aliphatic rings. The summed E-state index contributed by atoms with van der Waals surface area (Å²) in [4.78, 5) is 33.7. The monoisotopic (exact) mass is 556 g/mol. The number of rotatable bonds is 8. The van der Waals surface area contributed by atoms with Gasteiger partial charge in [-0.15, -0.1) is 0 Å². The Hall–Kier alpha value is -4.53. The first-order chi connectivity index (χ1) is 19.8. The number of pyridine rings is 1. The number of para-hydroxylation sites is 2. The zero-order valence-electron chi connectivity index (χ0n) is 24.1. The summed E-state index contributed by atoms with van der Waals surface area (Å²) in [6.45, 7) is 4.53. The highest BCUT2D eigenvalue weighted by Crippen LogP contribution is 2.52. The third-order valence-corrected chi connectivity index (χ3v) is 7.56. The Balaban J connectivity index is 1.68. The highest BCUT2D eigenvalue weighted by molar-refractivity contribution is 6.02. The van der Waals surface area contributed by atoms with Crippen molar-refractivity contribution in [2.45, 2.75) is 39.3 Å². The van der Waals surface area contributed by atoms with Crippen LogP contribution in [0.3, 0.4) is 0 Å². The molecule has 0 bridgehead atoms. The fraction of sp³-hybridized carbons (Fsp3) is 0.344. The standard InChI is InChI=1S/C32H36N4O5/c1-32(2)15-23-28(25(37)16-32)29(21-12-13-26(39-3)31(41-5)30(21)40-4)36(24-11-7-6-10-22(24)35-23)19-27(38)34-18-20-9-8-14-33-17-20/h6-14,17,29,35H,15-16,18-19H2,1-5H3,(H,34,38). The van der Waals surface area contributed by atoms with Gasteiger partial charge in [-0.2, -0.15) is 0 Å². The SMILES string of the molecule is COc1ccc(C2C3=C(CC(C)(C)CC3=O)Nc3ccccc3N2CC(=O)NCc2cccnc2)c(OC)c1OC. The van der Waals surface area contributed by atoms with Crippen molar-refractivity contribution in [1.29, 1.82) is 0 Å². The van der Waals surface area contributed by atoms with E-state index in [1.54, 1.807) is 39.8 Å². The van der Waals surface area contributed by atoms with Gasteiger partial charge in [0, 0.05) is 42.2 Å². The second-order valence-corrected chi connectivity index (χ2v) is 11.1. The van der Waals surface area contributed by atoms with Gasteiger partial charge in [-0.1, -0.05) is 32.0 Å². The van der Waals surface area contributed by atoms with Gasteiger partial charge < -0.3 is 29.7 Å². The van der Waals surface area contributed by atoms with Gasteiger partial charge in [-0.05, 0) is 47.7 Å². The molecule has 1 aliphatic carbocycles. The average molecular weight is 557 g/mol. The Labute approximate surface area is 240 Å². The second kappa shape index (κ2) is 11.5. The minimum absolute atomic E-state index is 0.00538. The van der Waals surface area contributed by atoms with Crippen molar-refractivity contribution in [1.82, 2.24) is 10.3 Å². The van der Waals surface area contributed by atoms with E-state index in [1.165, 1.54) is 0 Å². The van der Waals surface area contributed by atoms with Crippen molar-refractivity contribution in [2.75, 3.05) is 38.1 Å². The second-order valence-electron chi connectivity index (χ2n) is 11.1. The fourth-order valence-corrected chi connectivity index (χ4v) is 5.80. The molecule has 1 amide bonds. The van der Waals surface area contributed by atoms with Crippen LogP contribution in [0.4, 0.5) is 11.4 Å². The van der Waals surface area contributed by atoms with Crippen LogP contribution < -0.4 is 29.7 Å². The summed E-state index contributed by atoms with van der Waals surface area (Å²) in [7, 11) is 4.68. The number of hydrogen-bond acceptors (Lipinski definition) is 8. The van der Waals surface area contributed by atoms with Crippen LogP contribution in [0.2, 0.25) is 0 Å². The molecule has 9 nitrogen and oxygen atoms in total. The molecule has 0 fully saturated rings. The third kappa shape index (κ3) is 5.57. The molecule has 41 heavy (non-hydrogen) atoms. The molecule has 1 atom stereocenters. The minimum atomic E-state index is -0.636. The fourth-order valence-electron chi connectivity index (χ4n) is 5.80. The summed E-state index contributed by atoms with van der Waals surface area (Å²) in [5, 5.41) is 6.59. The van der Waals surface area contributed by atoms with Crippen molar-refractivity contribution in [3.63, 3.8) is 0 Å². The summed E-state index contributed by atoms with van der Waals surface area (Å²) in [5.41, 5.74) is 4.46. The summed E-state index contributed by atoms with van der Waals surface area (Å²) in [5.74, 6) is 1.21. The Kier molecular flexibility index (Phi) is 7.88. The minimum Gasteiger partial charge on any atom is -0.493 e. The van der Waals surface area contributed by atoms with Crippen LogP contribution in [0.25, 0.3) is 0 Å². The number of carbonyl (C=O) groups excluding carboxylic acids is 2. The predicted octanol–water partition coefficient (Wildman–Crippen LogP) is 5.04. The van der Waals surface area contributed by atoms with E-state index in [-0.39, 0.29) is 23.7 Å². The average Bonchev–Trinajstić information content (AvgIpc) is 3.09. The van der Waals surface area contributed by atoms with Crippen LogP contribution >= 0.6 is 0 Å². The Morgan fingerprint density at radius 1 is 1.02 bits per heavy atom. The topological polar surface area (TPSA) is 102 Å². The number of aromatic nitrogens is 1. The lowest BCUT2D eigenvalue weighted by Crippen LogP contribution is -2.42. The Morgan fingerprint density at radius 2 is 1.80 bits per heavy atom. The summed E-state index contributed by atoms with van der Waals surface area (Å²) >= 11 is 0. The highest BCUT2D eigenvalue weighted by Gasteiger charge is 2.43. The molecule has 5 rings (SSSR count). The van der Waals surface area contributed by atoms with Gasteiger partial charge in [0.15, 0.2) is 17.3 Å². The lowest BCUT2D eigenvalue weighted by atomic mass is 9.73. The molecule has 214 valence electrons. The first-order valence-electron chi connectivity index (χ1n) is 13.6. The van der Waals surface area contributed by atoms with E-state index in [0.717, 1.165) is 22.6 Å². The summed E-state index contributed by atoms with van der Waals surface area (Å²) < 4.78 is 17.2. The third-order valence-electron chi connectivity index (χ3n) is 7.56. The molecule has 0 saturated carbocycles. The van der Waals surface area contributed by atoms with Crippen LogP contribution in [0.15, 0.2) is 72.2 Å². The maximum Gasteiger partial charge on any atom is 0.239 e. The van der Waals surface area contributed by atoms with Gasteiger partial charge in [0.1, 0.15) is 0 Å². The van der Waals surface area contributed by atoms with Gasteiger partial charge in [-0.3, -0.25) is 14.6 Å². The molecule has 1 aliphatic heterocycles. The van der Waals surface area contributed by atoms with Crippen molar-refractivity contribution in [2.24, 2.45) is 5.41 Å². The molecular formula is C32H36N4O5. The van der Waals surface area contributed by atoms with Gasteiger partial charge >= 0.3 is 0 Å². The number of ketones is 1. The number of nitrogens with one attached hydrogen (secondary N) is 2. The number of nitrogens with zero attached hydrogens (tertiary/aromatic N) is 2. The normalized spacial score (nSPS) is 17.5. The molecule has 0 saturated heterocycles. The molecule has 0 spiro atoms. The number of ether oxygens (including phenoxy) is 3. The highest BCUT2D eigenvalue weighted by atomic mass is 16.5. The van der Waals surface area contributed by atoms with E-state index in [2.05, 4.69) is 29.5 Å². The van der Waals surface area contributed by atoms with Crippen molar-refractivity contribution in [3.8, 4) is 17.2 Å². The maximum atomic E-state index is 14.0. The Morgan fingerprint density at radius 3 is 2.51 bits per heavy atom. The van der Waals surface area contributed by atoms with Gasteiger partial charge in [-0.25, -0.2) is 0 Å². The smallest absolute Gasteiger partial charge is 0.239 e. The molecular weight excluding hydrogens is 520 g/mol. The van der Waals surface area contributed by atoms with E-state index >= 15 is 0 Å². The lowest BCUT2D eigenvalue weighted by molar-refractivity contribution is -0.121. The van der Waals surface area contributed by atoms with Gasteiger partial charge in [0.05, 0.1) is 45.3 Å². The number of hydrogen-bond donors (Lipinski definition) is 2. The number of allylic oxidation sites excluding steroid dienone is 1. The molecule has 2 aromatic carbocycles. The molecule has 2 heterocycles. The van der Waals surface area contributed by atoms with Crippen molar-refractivity contribution in [3.05, 3.63) is 83.3 Å². The van der Waals surface area contributed by atoms with Gasteiger partial charge in [0.2, 0.25) is 11.7 Å². The number of carbonyl (C=O) groups is 2. The van der Waals surface area contributed by atoms with Crippen LogP contribution in [-0.4, -0.2) is 44.5 Å². The van der Waals surface area contributed by atoms with Crippen LogP contribution in [0.1, 0.15) is 43.9 Å². The van der Waals surface area contributed by atoms with Crippen molar-refractivity contribution >= 4 is 23.1 Å². The molecule has 3 aromatic rings. The first kappa shape index (κ1) is 28.0. The van der Waals surface area contributed by atoms with Crippen molar-refractivity contribution < 1.29 is 23.8 Å². The Bertz CT molecular complexity index is 1480. The maximum absolute atomic E-state index is 14.0. The zero-order chi connectivity index (χ0) is 29.1. The van der Waals surface area contributed by atoms with Crippen LogP contribution in [-0.2, 0) is 16.1 Å². The van der Waals surface area contributed by atoms with E-state index in [0.29, 0.717) is 47.8 Å². The van der Waals surface area contributed by atoms with E-state index in [9.17, 15) is 9.59 Å². The number of methoxy groups -OCH3 is 3. The predicted molar refractivity (Wildman–Crippen MR) is 157 cm³/mol. The molecule has 0 radical (unpaired) electrons.